The zero-order chi connectivity index (χ0) is 16.4. The largest absolute Gasteiger partial charge is 0.469 e. The van der Waals surface area contributed by atoms with E-state index in [0.717, 1.165) is 29.9 Å². The van der Waals surface area contributed by atoms with Crippen LogP contribution in [0.3, 0.4) is 0 Å². The SMILES string of the molecule is COC(=O)C1(C)CCc2ccc(Oc3ccc(Cl)cc3)cc2C1. The maximum atomic E-state index is 12.0. The van der Waals surface area contributed by atoms with Gasteiger partial charge in [-0.15, -0.1) is 0 Å². The number of benzene rings is 2. The summed E-state index contributed by atoms with van der Waals surface area (Å²) in [4.78, 5) is 12.0. The number of carbonyl (C=O) groups excluding carboxylic acids is 1. The highest BCUT2D eigenvalue weighted by atomic mass is 35.5. The van der Waals surface area contributed by atoms with Crippen molar-refractivity contribution in [3.8, 4) is 11.5 Å². The molecule has 1 unspecified atom stereocenters. The monoisotopic (exact) mass is 330 g/mol. The van der Waals surface area contributed by atoms with E-state index in [4.69, 9.17) is 21.1 Å². The second-order valence-corrected chi connectivity index (χ2v) is 6.65. The normalized spacial score (nSPS) is 19.8. The number of fused-ring (bicyclic) bond motifs is 1. The number of methoxy groups -OCH3 is 1. The summed E-state index contributed by atoms with van der Waals surface area (Å²) in [5.41, 5.74) is 1.96. The van der Waals surface area contributed by atoms with Crippen LogP contribution in [0, 0.1) is 5.41 Å². The molecule has 1 aliphatic carbocycles. The minimum Gasteiger partial charge on any atom is -0.469 e. The van der Waals surface area contributed by atoms with Crippen molar-refractivity contribution in [3.05, 3.63) is 58.6 Å². The van der Waals surface area contributed by atoms with Gasteiger partial charge in [-0.1, -0.05) is 17.7 Å². The van der Waals surface area contributed by atoms with Gasteiger partial charge in [-0.3, -0.25) is 4.79 Å². The van der Waals surface area contributed by atoms with E-state index in [-0.39, 0.29) is 5.97 Å². The van der Waals surface area contributed by atoms with Crippen molar-refractivity contribution in [2.45, 2.75) is 26.2 Å². The second kappa shape index (κ2) is 6.25. The minimum atomic E-state index is -0.458. The van der Waals surface area contributed by atoms with E-state index in [1.165, 1.54) is 12.7 Å². The van der Waals surface area contributed by atoms with E-state index in [1.807, 2.05) is 31.2 Å². The number of hydrogen-bond acceptors (Lipinski definition) is 3. The van der Waals surface area contributed by atoms with Gasteiger partial charge in [0.2, 0.25) is 0 Å². The molecular formula is C19H19ClO3. The highest BCUT2D eigenvalue weighted by Crippen LogP contribution is 2.38. The van der Waals surface area contributed by atoms with Crippen molar-refractivity contribution in [3.63, 3.8) is 0 Å². The molecule has 0 aromatic heterocycles. The van der Waals surface area contributed by atoms with Crippen LogP contribution >= 0.6 is 11.6 Å². The van der Waals surface area contributed by atoms with E-state index in [0.29, 0.717) is 11.4 Å². The van der Waals surface area contributed by atoms with E-state index < -0.39 is 5.41 Å². The summed E-state index contributed by atoms with van der Waals surface area (Å²) in [7, 11) is 1.45. The molecule has 1 aliphatic rings. The van der Waals surface area contributed by atoms with Gasteiger partial charge in [0.25, 0.3) is 0 Å². The zero-order valence-corrected chi connectivity index (χ0v) is 14.0. The average Bonchev–Trinajstić information content (AvgIpc) is 2.56. The van der Waals surface area contributed by atoms with Crippen LogP contribution in [-0.2, 0) is 22.4 Å². The van der Waals surface area contributed by atoms with Gasteiger partial charge in [0.1, 0.15) is 11.5 Å². The number of esters is 1. The van der Waals surface area contributed by atoms with Crippen molar-refractivity contribution in [2.24, 2.45) is 5.41 Å². The Morgan fingerprint density at radius 3 is 2.48 bits per heavy atom. The molecule has 0 saturated carbocycles. The van der Waals surface area contributed by atoms with Crippen LogP contribution in [0.4, 0.5) is 0 Å². The number of carbonyl (C=O) groups is 1. The van der Waals surface area contributed by atoms with E-state index in [9.17, 15) is 4.79 Å². The van der Waals surface area contributed by atoms with Crippen LogP contribution in [0.25, 0.3) is 0 Å². The maximum Gasteiger partial charge on any atom is 0.311 e. The lowest BCUT2D eigenvalue weighted by Gasteiger charge is -2.32. The smallest absolute Gasteiger partial charge is 0.311 e. The predicted octanol–water partition coefficient (Wildman–Crippen LogP) is 4.80. The molecule has 0 heterocycles. The van der Waals surface area contributed by atoms with Gasteiger partial charge in [0.05, 0.1) is 12.5 Å². The molecule has 0 radical (unpaired) electrons. The van der Waals surface area contributed by atoms with Crippen molar-refractivity contribution in [2.75, 3.05) is 7.11 Å². The Bertz CT molecular complexity index is 724. The van der Waals surface area contributed by atoms with Crippen molar-refractivity contribution < 1.29 is 14.3 Å². The number of ether oxygens (including phenoxy) is 2. The second-order valence-electron chi connectivity index (χ2n) is 6.22. The molecule has 2 aromatic rings. The fourth-order valence-corrected chi connectivity index (χ4v) is 3.18. The van der Waals surface area contributed by atoms with Crippen LogP contribution in [-0.4, -0.2) is 13.1 Å². The summed E-state index contributed by atoms with van der Waals surface area (Å²) in [6.07, 6.45) is 2.36. The van der Waals surface area contributed by atoms with Gasteiger partial charge in [-0.25, -0.2) is 0 Å². The van der Waals surface area contributed by atoms with Crippen molar-refractivity contribution >= 4 is 17.6 Å². The number of halogens is 1. The average molecular weight is 331 g/mol. The molecule has 4 heteroatoms. The summed E-state index contributed by atoms with van der Waals surface area (Å²) in [6.45, 7) is 1.97. The third-order valence-corrected chi connectivity index (χ3v) is 4.68. The summed E-state index contributed by atoms with van der Waals surface area (Å²) < 4.78 is 10.8. The first-order valence-electron chi connectivity index (χ1n) is 7.64. The van der Waals surface area contributed by atoms with Gasteiger partial charge in [-0.2, -0.15) is 0 Å². The topological polar surface area (TPSA) is 35.5 Å². The highest BCUT2D eigenvalue weighted by Gasteiger charge is 2.37. The molecule has 0 saturated heterocycles. The molecule has 3 rings (SSSR count). The van der Waals surface area contributed by atoms with Gasteiger partial charge in [0, 0.05) is 5.02 Å². The fourth-order valence-electron chi connectivity index (χ4n) is 3.05. The van der Waals surface area contributed by atoms with Crippen LogP contribution < -0.4 is 4.74 Å². The molecule has 0 amide bonds. The Labute approximate surface area is 141 Å². The molecular weight excluding hydrogens is 312 g/mol. The van der Waals surface area contributed by atoms with Crippen molar-refractivity contribution in [1.82, 2.24) is 0 Å². The number of aryl methyl sites for hydroxylation is 1. The Kier molecular flexibility index (Phi) is 4.31. The number of hydrogen-bond donors (Lipinski definition) is 0. The maximum absolute atomic E-state index is 12.0. The molecule has 23 heavy (non-hydrogen) atoms. The third kappa shape index (κ3) is 3.35. The van der Waals surface area contributed by atoms with E-state index >= 15 is 0 Å². The van der Waals surface area contributed by atoms with Gasteiger partial charge >= 0.3 is 5.97 Å². The Morgan fingerprint density at radius 2 is 1.78 bits per heavy atom. The van der Waals surface area contributed by atoms with E-state index in [2.05, 4.69) is 6.07 Å². The van der Waals surface area contributed by atoms with Crippen LogP contribution in [0.2, 0.25) is 5.02 Å². The van der Waals surface area contributed by atoms with Gasteiger partial charge in [-0.05, 0) is 73.7 Å². The predicted molar refractivity (Wildman–Crippen MR) is 90.1 cm³/mol. The summed E-state index contributed by atoms with van der Waals surface area (Å²) in [5.74, 6) is 1.35. The highest BCUT2D eigenvalue weighted by molar-refractivity contribution is 6.30. The lowest BCUT2D eigenvalue weighted by atomic mass is 9.73. The Morgan fingerprint density at radius 1 is 1.09 bits per heavy atom. The first-order valence-corrected chi connectivity index (χ1v) is 8.02. The quantitative estimate of drug-likeness (QED) is 0.758. The standard InChI is InChI=1S/C19H19ClO3/c1-19(18(21)22-2)10-9-13-3-6-17(11-14(13)12-19)23-16-7-4-15(20)5-8-16/h3-8,11H,9-10,12H2,1-2H3. The van der Waals surface area contributed by atoms with Gasteiger partial charge < -0.3 is 9.47 Å². The molecule has 0 spiro atoms. The summed E-state index contributed by atoms with van der Waals surface area (Å²) >= 11 is 5.88. The lowest BCUT2D eigenvalue weighted by molar-refractivity contribution is -0.152. The molecule has 0 N–H and O–H groups in total. The molecule has 2 aromatic carbocycles. The lowest BCUT2D eigenvalue weighted by Crippen LogP contribution is -2.35. The molecule has 120 valence electrons. The molecule has 0 fully saturated rings. The van der Waals surface area contributed by atoms with E-state index in [1.54, 1.807) is 12.1 Å². The number of rotatable bonds is 3. The Hall–Kier alpha value is -2.00. The van der Waals surface area contributed by atoms with Crippen molar-refractivity contribution in [1.29, 1.82) is 0 Å². The molecule has 1 atom stereocenters. The molecule has 0 aliphatic heterocycles. The summed E-state index contributed by atoms with van der Waals surface area (Å²) in [6, 6.07) is 13.3. The van der Waals surface area contributed by atoms with Crippen LogP contribution in [0.5, 0.6) is 11.5 Å². The minimum absolute atomic E-state index is 0.146. The molecule has 3 nitrogen and oxygen atoms in total. The first-order chi connectivity index (χ1) is 11.0. The first kappa shape index (κ1) is 15.9. The van der Waals surface area contributed by atoms with Gasteiger partial charge in [0.15, 0.2) is 0 Å². The third-order valence-electron chi connectivity index (χ3n) is 4.43. The fraction of sp³-hybridized carbons (Fsp3) is 0.316. The molecule has 0 bridgehead atoms. The van der Waals surface area contributed by atoms with Crippen LogP contribution in [0.1, 0.15) is 24.5 Å². The Balaban J connectivity index is 1.83. The summed E-state index contributed by atoms with van der Waals surface area (Å²) in [5, 5.41) is 0.677. The van der Waals surface area contributed by atoms with Crippen LogP contribution in [0.15, 0.2) is 42.5 Å². The zero-order valence-electron chi connectivity index (χ0n) is 13.3.